The molecule has 9 atom stereocenters. The molecule has 1 aliphatic carbocycles. The Kier molecular flexibility index (Phi) is 35.8. The van der Waals surface area contributed by atoms with Crippen LogP contribution in [0.25, 0.3) is 0 Å². The maximum atomic E-state index is 14.2. The number of unbranched alkanes of at least 4 members (excludes halogenated alkanes) is 5. The highest BCUT2D eigenvalue weighted by molar-refractivity contribution is 8.01. The van der Waals surface area contributed by atoms with Crippen molar-refractivity contribution in [1.82, 2.24) is 84.1 Å². The molecular formula is C73H123N19O18S4. The van der Waals surface area contributed by atoms with Gasteiger partial charge in [0, 0.05) is 175 Å². The molecule has 0 bridgehead atoms. The number of fused-ring (bicyclic) bond motifs is 3. The third kappa shape index (κ3) is 30.3. The van der Waals surface area contributed by atoms with Crippen molar-refractivity contribution in [3.05, 3.63) is 0 Å². The Morgan fingerprint density at radius 3 is 1.56 bits per heavy atom. The fourth-order valence-corrected chi connectivity index (χ4v) is 20.1. The standard InChI is InChI=1S/C73H123N19O18S4/c1-72(2,28-40-93)110-41-31-78-65(100)48-22-34-90(35-23-48)68-87-69(91-36-24-50(25-37-91)81-66(101)52(18-20-59(96)76-32-42-113(104,105)106)83-61(98)15-5-3-9-29-74-57(94)14-8-7-13-56-63-54(45-111-56)79-47-80-63)89-70(88-68)92-38-26-51(27-39-92)82-67(102)53(19-21-60(97)77-33-43-114(107,108)109)84-62(99)16-6-4-10-30-75-58(95)17-11-12-49-44-73(49)64-55(46-112-73)85-71(103)86-64/h48-56,63-64,79-80,93H,3-47H2,1-2H3,(H,74,94)(H,75,95)(H,76,96)(H,77,97)(H,78,100)(H,81,101)(H,82,102)(H,83,98)(H,84,99)(H2,85,86,103)(H,104,105,106)(H,107,108,109). The lowest BCUT2D eigenvalue weighted by molar-refractivity contribution is -0.130. The largest absolute Gasteiger partial charge is 0.396 e. The number of aromatic nitrogens is 3. The van der Waals surface area contributed by atoms with E-state index >= 15 is 0 Å². The fraction of sp³-hybridized carbons (Fsp3) is 0.822. The molecule has 9 rings (SSSR count). The van der Waals surface area contributed by atoms with Crippen LogP contribution in [0.1, 0.15) is 187 Å². The van der Waals surface area contributed by atoms with E-state index in [1.165, 1.54) is 0 Å². The van der Waals surface area contributed by atoms with Crippen molar-refractivity contribution in [3.8, 4) is 0 Å². The molecule has 1 spiro atoms. The van der Waals surface area contributed by atoms with Crippen molar-refractivity contribution in [2.24, 2.45) is 11.8 Å². The molecule has 8 heterocycles. The first-order valence-electron chi connectivity index (χ1n) is 41.0. The van der Waals surface area contributed by atoms with Crippen LogP contribution in [0.15, 0.2) is 0 Å². The molecule has 0 aromatic carbocycles. The number of carbonyl (C=O) groups is 10. The molecule has 37 nitrogen and oxygen atoms in total. The number of aliphatic hydroxyl groups is 1. The second-order valence-electron chi connectivity index (χ2n) is 31.9. The number of thioether (sulfide) groups is 2. The van der Waals surface area contributed by atoms with Gasteiger partial charge in [-0.25, -0.2) is 4.79 Å². The first kappa shape index (κ1) is 91.2. The Labute approximate surface area is 677 Å². The van der Waals surface area contributed by atoms with E-state index in [9.17, 15) is 79.0 Å². The summed E-state index contributed by atoms with van der Waals surface area (Å²) in [5, 5.41) is 48.6. The summed E-state index contributed by atoms with van der Waals surface area (Å²) in [4.78, 5) is 153. The summed E-state index contributed by atoms with van der Waals surface area (Å²) in [6.07, 6.45) is 12.4. The summed E-state index contributed by atoms with van der Waals surface area (Å²) in [7, 11) is -8.71. The molecule has 1 aromatic heterocycles. The normalized spacial score (nSPS) is 23.0. The van der Waals surface area contributed by atoms with Gasteiger partial charge in [-0.15, -0.1) is 0 Å². The molecule has 41 heteroatoms. The van der Waals surface area contributed by atoms with Crippen molar-refractivity contribution in [3.63, 3.8) is 0 Å². The van der Waals surface area contributed by atoms with E-state index in [4.69, 9.17) is 19.7 Å². The van der Waals surface area contributed by atoms with Crippen molar-refractivity contribution in [1.29, 1.82) is 0 Å². The molecule has 8 aliphatic rings. The molecule has 8 fully saturated rings. The van der Waals surface area contributed by atoms with E-state index < -0.39 is 84.9 Å². The molecule has 642 valence electrons. The van der Waals surface area contributed by atoms with Gasteiger partial charge in [-0.05, 0) is 135 Å². The number of nitrogens with zero attached hydrogens (tertiary/aromatic N) is 6. The van der Waals surface area contributed by atoms with Crippen molar-refractivity contribution in [2.75, 3.05) is 130 Å². The number of urea groups is 1. The number of anilines is 3. The predicted molar refractivity (Wildman–Crippen MR) is 430 cm³/mol. The topological polar surface area (TPSA) is 514 Å². The highest BCUT2D eigenvalue weighted by atomic mass is 32.2. The molecule has 1 aromatic rings. The van der Waals surface area contributed by atoms with Crippen LogP contribution in [0, 0.1) is 11.8 Å². The van der Waals surface area contributed by atoms with Gasteiger partial charge < -0.3 is 83.0 Å². The molecule has 114 heavy (non-hydrogen) atoms. The Hall–Kier alpha value is -6.73. The maximum absolute atomic E-state index is 14.2. The third-order valence-electron chi connectivity index (χ3n) is 22.7. The second kappa shape index (κ2) is 44.7. The van der Waals surface area contributed by atoms with Crippen molar-refractivity contribution >= 4 is 121 Å². The third-order valence-corrected chi connectivity index (χ3v) is 27.4. The van der Waals surface area contributed by atoms with E-state index in [1.54, 1.807) is 0 Å². The lowest BCUT2D eigenvalue weighted by Gasteiger charge is -2.36. The highest BCUT2D eigenvalue weighted by Gasteiger charge is 2.66. The summed E-state index contributed by atoms with van der Waals surface area (Å²) in [6, 6.07) is -1.84. The number of carbonyl (C=O) groups excluding carboxylic acids is 10. The maximum Gasteiger partial charge on any atom is 0.315 e. The number of aliphatic hydroxyl groups excluding tert-OH is 1. The molecule has 0 radical (unpaired) electrons. The lowest BCUT2D eigenvalue weighted by Crippen LogP contribution is -2.53. The van der Waals surface area contributed by atoms with Gasteiger partial charge in [0.25, 0.3) is 20.2 Å². The quantitative estimate of drug-likeness (QED) is 0.0227. The number of amides is 11. The average Bonchev–Trinajstić information content (AvgIpc) is 1.54. The number of hydrogen-bond acceptors (Lipinski definition) is 26. The zero-order valence-electron chi connectivity index (χ0n) is 66.0. The first-order valence-corrected chi connectivity index (χ1v) is 46.3. The van der Waals surface area contributed by atoms with Gasteiger partial charge >= 0.3 is 6.03 Å². The monoisotopic (exact) mass is 1680 g/mol. The molecule has 1 saturated carbocycles. The minimum Gasteiger partial charge on any atom is -0.396 e. The SMILES string of the molecule is CC(C)(CCO)OCCNC(=O)C1CCN(c2nc(N3CCC(NC(=O)C(CCC(=O)NCCS(=O)(=O)O)NC(=O)CCCCCNC(=O)CCCCC4SCC5NCNC54)CC3)nc(N3CCC(NC(=O)C(CCC(=O)NCCS(=O)(=O)O)NC(=O)CCCCCNC(=O)CCCC4CC45SCC4NC(=O)NC45)CC3)n2)CC1. The Morgan fingerprint density at radius 1 is 0.561 bits per heavy atom. The molecule has 7 aliphatic heterocycles. The summed E-state index contributed by atoms with van der Waals surface area (Å²) < 4.78 is 69.7. The lowest BCUT2D eigenvalue weighted by atomic mass is 9.96. The van der Waals surface area contributed by atoms with E-state index in [0.29, 0.717) is 196 Å². The van der Waals surface area contributed by atoms with Gasteiger partial charge in [-0.2, -0.15) is 55.3 Å². The smallest absolute Gasteiger partial charge is 0.315 e. The number of rotatable bonds is 49. The van der Waals surface area contributed by atoms with Crippen LogP contribution >= 0.6 is 23.5 Å². The van der Waals surface area contributed by atoms with Crippen LogP contribution in [-0.2, 0) is 68.1 Å². The molecule has 16 N–H and O–H groups in total. The van der Waals surface area contributed by atoms with E-state index in [0.717, 1.165) is 56.7 Å². The molecular weight excluding hydrogens is 1560 g/mol. The van der Waals surface area contributed by atoms with E-state index in [-0.39, 0.29) is 123 Å². The molecule has 9 unspecified atom stereocenters. The number of piperidine rings is 3. The zero-order chi connectivity index (χ0) is 81.8. The Bertz CT molecular complexity index is 3630. The molecule has 11 amide bonds. The second-order valence-corrected chi connectivity index (χ2v) is 37.7. The highest BCUT2D eigenvalue weighted by Crippen LogP contribution is 2.63. The van der Waals surface area contributed by atoms with Crippen LogP contribution in [0.3, 0.4) is 0 Å². The minimum atomic E-state index is -4.36. The van der Waals surface area contributed by atoms with Crippen LogP contribution in [0.4, 0.5) is 22.6 Å². The van der Waals surface area contributed by atoms with Gasteiger partial charge in [-0.1, -0.05) is 19.3 Å². The minimum absolute atomic E-state index is 0.00381. The summed E-state index contributed by atoms with van der Waals surface area (Å²) in [5.41, 5.74) is -0.550. The zero-order valence-corrected chi connectivity index (χ0v) is 69.2. The van der Waals surface area contributed by atoms with Crippen LogP contribution in [0.5, 0.6) is 0 Å². The van der Waals surface area contributed by atoms with Gasteiger partial charge in [0.05, 0.1) is 35.8 Å². The first-order chi connectivity index (χ1) is 54.5. The van der Waals surface area contributed by atoms with Crippen LogP contribution in [0.2, 0.25) is 0 Å². The van der Waals surface area contributed by atoms with E-state index in [2.05, 4.69) is 69.1 Å². The molecule has 7 saturated heterocycles. The van der Waals surface area contributed by atoms with Gasteiger partial charge in [0.2, 0.25) is 71.0 Å². The van der Waals surface area contributed by atoms with Gasteiger partial charge in [0.1, 0.15) is 12.1 Å². The van der Waals surface area contributed by atoms with Gasteiger partial charge in [-0.3, -0.25) is 62.9 Å². The Morgan fingerprint density at radius 2 is 1.04 bits per heavy atom. The fourth-order valence-electron chi connectivity index (χ4n) is 16.0. The summed E-state index contributed by atoms with van der Waals surface area (Å²) in [6.45, 7) is 7.74. The average molecular weight is 1680 g/mol. The predicted octanol–water partition coefficient (Wildman–Crippen LogP) is -0.268. The van der Waals surface area contributed by atoms with Gasteiger partial charge in [0.15, 0.2) is 0 Å². The number of nitrogens with one attached hydrogen (secondary N) is 13. The van der Waals surface area contributed by atoms with Crippen LogP contribution < -0.4 is 83.8 Å². The number of hydrogen-bond donors (Lipinski definition) is 16. The summed E-state index contributed by atoms with van der Waals surface area (Å²) >= 11 is 3.90. The van der Waals surface area contributed by atoms with Crippen molar-refractivity contribution in [2.45, 2.75) is 251 Å². The summed E-state index contributed by atoms with van der Waals surface area (Å²) in [5.74, 6) is -1.30. The Balaban J connectivity index is 0.763. The van der Waals surface area contributed by atoms with Crippen LogP contribution in [-0.4, -0.2) is 284 Å². The van der Waals surface area contributed by atoms with Crippen molar-refractivity contribution < 1.29 is 83.7 Å². The van der Waals surface area contributed by atoms with E-state index in [1.807, 2.05) is 52.1 Å². The number of ether oxygens (including phenoxy) is 1.